The maximum Gasteiger partial charge on any atom is 0.412 e. The Morgan fingerprint density at radius 1 is 1.12 bits per heavy atom. The van der Waals surface area contributed by atoms with Gasteiger partial charge in [-0.3, -0.25) is 10.1 Å². The first-order chi connectivity index (χ1) is 12.2. The summed E-state index contributed by atoms with van der Waals surface area (Å²) in [5.74, 6) is -0.0374. The van der Waals surface area contributed by atoms with Crippen LogP contribution in [0.15, 0.2) is 42.6 Å². The molecule has 138 valence electrons. The summed E-state index contributed by atoms with van der Waals surface area (Å²) in [7, 11) is 1.43. The number of ether oxygens (including phenoxy) is 2. The van der Waals surface area contributed by atoms with Crippen molar-refractivity contribution in [1.29, 1.82) is 0 Å². The zero-order chi connectivity index (χ0) is 19.3. The van der Waals surface area contributed by atoms with Gasteiger partial charge in [0, 0.05) is 18.8 Å². The largest absolute Gasteiger partial charge is 0.618 e. The molecule has 2 rings (SSSR count). The van der Waals surface area contributed by atoms with Gasteiger partial charge in [-0.2, -0.15) is 4.73 Å². The second-order valence-electron chi connectivity index (χ2n) is 6.38. The van der Waals surface area contributed by atoms with E-state index < -0.39 is 17.6 Å². The number of benzene rings is 1. The summed E-state index contributed by atoms with van der Waals surface area (Å²) >= 11 is 0. The Balaban J connectivity index is 2.12. The molecule has 1 heterocycles. The number of hydrogen-bond donors (Lipinski definition) is 2. The normalized spacial score (nSPS) is 10.8. The molecule has 1 aromatic heterocycles. The van der Waals surface area contributed by atoms with Crippen molar-refractivity contribution in [3.8, 4) is 11.5 Å². The van der Waals surface area contributed by atoms with Crippen LogP contribution in [-0.2, 0) is 4.74 Å². The third-order valence-electron chi connectivity index (χ3n) is 3.09. The van der Waals surface area contributed by atoms with Crippen molar-refractivity contribution in [1.82, 2.24) is 5.32 Å². The molecule has 0 aliphatic rings. The minimum Gasteiger partial charge on any atom is -0.618 e. The lowest BCUT2D eigenvalue weighted by Crippen LogP contribution is -2.38. The van der Waals surface area contributed by atoms with Gasteiger partial charge in [-0.25, -0.2) is 4.79 Å². The Hall–Kier alpha value is -3.29. The van der Waals surface area contributed by atoms with Gasteiger partial charge in [-0.05, 0) is 51.1 Å². The Bertz CT molecular complexity index is 797. The molecule has 0 fully saturated rings. The van der Waals surface area contributed by atoms with Crippen LogP contribution < -0.4 is 20.1 Å². The van der Waals surface area contributed by atoms with Crippen molar-refractivity contribution < 1.29 is 23.8 Å². The molecule has 8 heteroatoms. The molecule has 0 aliphatic carbocycles. The van der Waals surface area contributed by atoms with Crippen LogP contribution in [0.4, 0.5) is 10.5 Å². The van der Waals surface area contributed by atoms with Crippen LogP contribution in [0.5, 0.6) is 11.5 Å². The van der Waals surface area contributed by atoms with Crippen LogP contribution in [0, 0.1) is 5.21 Å². The SMILES string of the molecule is CNC(=O)c1c(Oc2ccc(NC(=O)OC(C)(C)C)cc2)ccc[n+]1[O-]. The third kappa shape index (κ3) is 5.10. The lowest BCUT2D eigenvalue weighted by atomic mass is 10.2. The predicted octanol–water partition coefficient (Wildman–Crippen LogP) is 2.82. The first kappa shape index (κ1) is 19.0. The second kappa shape index (κ2) is 7.73. The van der Waals surface area contributed by atoms with Gasteiger partial charge in [-0.1, -0.05) is 0 Å². The molecule has 0 atom stereocenters. The number of carbonyl (C=O) groups excluding carboxylic acids is 2. The molecule has 2 aromatic rings. The Morgan fingerprint density at radius 2 is 1.77 bits per heavy atom. The fourth-order valence-electron chi connectivity index (χ4n) is 2.04. The highest BCUT2D eigenvalue weighted by molar-refractivity contribution is 5.93. The number of aromatic nitrogens is 1. The van der Waals surface area contributed by atoms with Gasteiger partial charge in [0.25, 0.3) is 0 Å². The van der Waals surface area contributed by atoms with Crippen LogP contribution in [-0.4, -0.2) is 24.6 Å². The maximum atomic E-state index is 11.9. The summed E-state index contributed by atoms with van der Waals surface area (Å²) in [6.07, 6.45) is 0.647. The highest BCUT2D eigenvalue weighted by atomic mass is 16.6. The summed E-state index contributed by atoms with van der Waals surface area (Å²) in [5, 5.41) is 16.8. The van der Waals surface area contributed by atoms with E-state index in [4.69, 9.17) is 9.47 Å². The van der Waals surface area contributed by atoms with Gasteiger partial charge in [0.15, 0.2) is 6.20 Å². The van der Waals surface area contributed by atoms with Crippen LogP contribution in [0.25, 0.3) is 0 Å². The van der Waals surface area contributed by atoms with Crippen molar-refractivity contribution >= 4 is 17.7 Å². The van der Waals surface area contributed by atoms with Crippen molar-refractivity contribution in [3.05, 3.63) is 53.5 Å². The molecule has 1 aromatic carbocycles. The highest BCUT2D eigenvalue weighted by Crippen LogP contribution is 2.25. The minimum atomic E-state index is -0.593. The van der Waals surface area contributed by atoms with Crippen molar-refractivity contribution in [2.45, 2.75) is 26.4 Å². The molecular formula is C18H21N3O5. The van der Waals surface area contributed by atoms with Crippen molar-refractivity contribution in [2.75, 3.05) is 12.4 Å². The Morgan fingerprint density at radius 3 is 2.35 bits per heavy atom. The molecule has 0 aliphatic heterocycles. The van der Waals surface area contributed by atoms with E-state index >= 15 is 0 Å². The summed E-state index contributed by atoms with van der Waals surface area (Å²) in [4.78, 5) is 23.6. The number of anilines is 1. The predicted molar refractivity (Wildman–Crippen MR) is 95.2 cm³/mol. The van der Waals surface area contributed by atoms with Gasteiger partial charge in [0.1, 0.15) is 11.4 Å². The standard InChI is InChI=1S/C18H21N3O5/c1-18(2,3)26-17(23)20-12-7-9-13(10-8-12)25-14-6-5-11-21(24)15(14)16(22)19-4/h5-11H,1-4H3,(H,19,22)(H,20,23). The van der Waals surface area contributed by atoms with Gasteiger partial charge >= 0.3 is 17.7 Å². The topological polar surface area (TPSA) is 104 Å². The quantitative estimate of drug-likeness (QED) is 0.645. The average Bonchev–Trinajstić information content (AvgIpc) is 2.54. The lowest BCUT2D eigenvalue weighted by Gasteiger charge is -2.19. The van der Waals surface area contributed by atoms with E-state index in [0.29, 0.717) is 16.2 Å². The number of pyridine rings is 1. The molecule has 2 amide bonds. The van der Waals surface area contributed by atoms with Gasteiger partial charge in [0.05, 0.1) is 0 Å². The molecular weight excluding hydrogens is 338 g/mol. The van der Waals surface area contributed by atoms with E-state index in [9.17, 15) is 14.8 Å². The number of carbonyl (C=O) groups is 2. The lowest BCUT2D eigenvalue weighted by molar-refractivity contribution is -0.608. The first-order valence-corrected chi connectivity index (χ1v) is 7.92. The zero-order valence-corrected chi connectivity index (χ0v) is 15.0. The van der Waals surface area contributed by atoms with Crippen LogP contribution in [0.2, 0.25) is 0 Å². The summed E-state index contributed by atoms with van der Waals surface area (Å²) in [6.45, 7) is 5.32. The summed E-state index contributed by atoms with van der Waals surface area (Å²) in [6, 6.07) is 9.43. The molecule has 8 nitrogen and oxygen atoms in total. The van der Waals surface area contributed by atoms with Crippen LogP contribution in [0.1, 0.15) is 31.3 Å². The molecule has 0 radical (unpaired) electrons. The van der Waals surface area contributed by atoms with Crippen molar-refractivity contribution in [2.24, 2.45) is 0 Å². The van der Waals surface area contributed by atoms with Crippen LogP contribution >= 0.6 is 0 Å². The molecule has 0 bridgehead atoms. The highest BCUT2D eigenvalue weighted by Gasteiger charge is 2.22. The van der Waals surface area contributed by atoms with Crippen LogP contribution in [0.3, 0.4) is 0 Å². The maximum absolute atomic E-state index is 11.9. The van der Waals surface area contributed by atoms with Crippen molar-refractivity contribution in [3.63, 3.8) is 0 Å². The van der Waals surface area contributed by atoms with E-state index in [0.717, 1.165) is 0 Å². The number of amides is 2. The zero-order valence-electron chi connectivity index (χ0n) is 15.0. The summed E-state index contributed by atoms with van der Waals surface area (Å²) in [5.41, 5.74) is -0.222. The smallest absolute Gasteiger partial charge is 0.412 e. The second-order valence-corrected chi connectivity index (χ2v) is 6.38. The number of rotatable bonds is 4. The van der Waals surface area contributed by atoms with E-state index in [-0.39, 0.29) is 11.4 Å². The monoisotopic (exact) mass is 359 g/mol. The fourth-order valence-corrected chi connectivity index (χ4v) is 2.04. The first-order valence-electron chi connectivity index (χ1n) is 7.92. The van der Waals surface area contributed by atoms with E-state index in [1.54, 1.807) is 45.0 Å². The minimum absolute atomic E-state index is 0.120. The molecule has 0 spiro atoms. The van der Waals surface area contributed by atoms with E-state index in [1.807, 2.05) is 0 Å². The summed E-state index contributed by atoms with van der Waals surface area (Å²) < 4.78 is 11.2. The molecule has 0 unspecified atom stereocenters. The number of nitrogens with zero attached hydrogens (tertiary/aromatic N) is 1. The molecule has 0 saturated carbocycles. The van der Waals surface area contributed by atoms with Gasteiger partial charge in [-0.15, -0.1) is 0 Å². The number of hydrogen-bond acceptors (Lipinski definition) is 5. The third-order valence-corrected chi connectivity index (χ3v) is 3.09. The van der Waals surface area contributed by atoms with E-state index in [1.165, 1.54) is 25.4 Å². The Labute approximate surface area is 151 Å². The van der Waals surface area contributed by atoms with E-state index in [2.05, 4.69) is 10.6 Å². The molecule has 0 saturated heterocycles. The van der Waals surface area contributed by atoms with Gasteiger partial charge in [0.2, 0.25) is 5.75 Å². The Kier molecular flexibility index (Phi) is 5.66. The average molecular weight is 359 g/mol. The fraction of sp³-hybridized carbons (Fsp3) is 0.278. The number of nitrogens with one attached hydrogen (secondary N) is 2. The molecule has 2 N–H and O–H groups in total. The van der Waals surface area contributed by atoms with Gasteiger partial charge < -0.3 is 20.0 Å². The molecule has 26 heavy (non-hydrogen) atoms.